The van der Waals surface area contributed by atoms with Gasteiger partial charge < -0.3 is 25.0 Å². The number of carbonyl (C=O) groups is 1. The number of nitrogens with one attached hydrogen (secondary N) is 1. The van der Waals surface area contributed by atoms with Crippen molar-refractivity contribution in [3.63, 3.8) is 0 Å². The van der Waals surface area contributed by atoms with Crippen LogP contribution in [0.15, 0.2) is 24.5 Å². The quantitative estimate of drug-likeness (QED) is 0.621. The van der Waals surface area contributed by atoms with Crippen molar-refractivity contribution in [3.05, 3.63) is 24.5 Å². The number of aromatic nitrogens is 2. The Kier molecular flexibility index (Phi) is 7.58. The van der Waals surface area contributed by atoms with Gasteiger partial charge in [-0.05, 0) is 45.7 Å². The minimum absolute atomic E-state index is 0.0544. The van der Waals surface area contributed by atoms with Gasteiger partial charge in [-0.3, -0.25) is 0 Å². The van der Waals surface area contributed by atoms with Gasteiger partial charge in [0.1, 0.15) is 17.2 Å². The van der Waals surface area contributed by atoms with Crippen LogP contribution in [-0.4, -0.2) is 102 Å². The van der Waals surface area contributed by atoms with Crippen molar-refractivity contribution in [1.82, 2.24) is 19.2 Å². The average molecular weight is 521 g/mol. The van der Waals surface area contributed by atoms with E-state index in [0.29, 0.717) is 38.4 Å². The van der Waals surface area contributed by atoms with E-state index in [1.54, 1.807) is 17.3 Å². The highest BCUT2D eigenvalue weighted by Gasteiger charge is 2.32. The van der Waals surface area contributed by atoms with Crippen LogP contribution in [0.3, 0.4) is 0 Å². The van der Waals surface area contributed by atoms with Gasteiger partial charge in [0, 0.05) is 62.4 Å². The van der Waals surface area contributed by atoms with Crippen LogP contribution >= 0.6 is 0 Å². The second kappa shape index (κ2) is 10.3. The number of hydrogen-bond acceptors (Lipinski definition) is 9. The van der Waals surface area contributed by atoms with E-state index in [4.69, 9.17) is 4.74 Å². The predicted molar refractivity (Wildman–Crippen MR) is 139 cm³/mol. The third-order valence-corrected chi connectivity index (χ3v) is 7.69. The molecule has 0 unspecified atom stereocenters. The summed E-state index contributed by atoms with van der Waals surface area (Å²) >= 11 is 0. The summed E-state index contributed by atoms with van der Waals surface area (Å²) in [6.45, 7) is 8.52. The molecule has 198 valence electrons. The maximum atomic E-state index is 12.6. The van der Waals surface area contributed by atoms with Gasteiger partial charge in [0.15, 0.2) is 0 Å². The maximum Gasteiger partial charge on any atom is 0.410 e. The number of piperidine rings is 1. The molecule has 0 aromatic carbocycles. The number of carbonyl (C=O) groups excluding carboxylic acids is 1. The number of pyridine rings is 2. The number of rotatable bonds is 4. The number of hydrogen-bond donors (Lipinski definition) is 2. The number of amides is 1. The molecule has 2 saturated heterocycles. The van der Waals surface area contributed by atoms with Crippen LogP contribution in [0.2, 0.25) is 0 Å². The minimum Gasteiger partial charge on any atom is -0.444 e. The van der Waals surface area contributed by atoms with Crippen LogP contribution in [0.4, 0.5) is 16.4 Å². The third-order valence-electron chi connectivity index (χ3n) is 6.42. The number of anilines is 2. The first-order chi connectivity index (χ1) is 16.9. The smallest absolute Gasteiger partial charge is 0.410 e. The second-order valence-electron chi connectivity index (χ2n) is 10.5. The molecule has 11 nitrogen and oxygen atoms in total. The Bertz CT molecular complexity index is 1200. The van der Waals surface area contributed by atoms with E-state index in [1.165, 1.54) is 4.31 Å². The van der Waals surface area contributed by atoms with E-state index < -0.39 is 21.7 Å². The molecule has 4 rings (SSSR count). The number of ether oxygens (including phenoxy) is 1. The Balaban J connectivity index is 1.49. The van der Waals surface area contributed by atoms with E-state index in [1.807, 2.05) is 32.9 Å². The lowest BCUT2D eigenvalue weighted by molar-refractivity contribution is 0.0263. The molecular formula is C24H36N6O5S. The van der Waals surface area contributed by atoms with Crippen molar-refractivity contribution in [3.8, 4) is 0 Å². The van der Waals surface area contributed by atoms with Crippen LogP contribution in [0.25, 0.3) is 10.8 Å². The van der Waals surface area contributed by atoms with Crippen molar-refractivity contribution < 1.29 is 23.1 Å². The van der Waals surface area contributed by atoms with Gasteiger partial charge in [-0.15, -0.1) is 0 Å². The van der Waals surface area contributed by atoms with E-state index in [9.17, 15) is 18.3 Å². The van der Waals surface area contributed by atoms with E-state index in [-0.39, 0.29) is 18.7 Å². The summed E-state index contributed by atoms with van der Waals surface area (Å²) < 4.78 is 30.5. The number of sulfonamides is 1. The second-order valence-corrected chi connectivity index (χ2v) is 12.4. The largest absolute Gasteiger partial charge is 0.444 e. The Morgan fingerprint density at radius 2 is 1.94 bits per heavy atom. The zero-order valence-corrected chi connectivity index (χ0v) is 22.2. The summed E-state index contributed by atoms with van der Waals surface area (Å²) in [5, 5.41) is 15.7. The summed E-state index contributed by atoms with van der Waals surface area (Å²) in [7, 11) is -3.34. The molecule has 2 aromatic rings. The fourth-order valence-electron chi connectivity index (χ4n) is 4.58. The van der Waals surface area contributed by atoms with Crippen molar-refractivity contribution in [1.29, 1.82) is 0 Å². The normalized spacial score (nSPS) is 22.4. The summed E-state index contributed by atoms with van der Waals surface area (Å²) in [6, 6.07) is 3.51. The van der Waals surface area contributed by atoms with E-state index in [0.717, 1.165) is 35.8 Å². The first-order valence-electron chi connectivity index (χ1n) is 12.3. The van der Waals surface area contributed by atoms with Gasteiger partial charge >= 0.3 is 6.09 Å². The van der Waals surface area contributed by atoms with Gasteiger partial charge in [-0.25, -0.2) is 23.2 Å². The van der Waals surface area contributed by atoms with Crippen molar-refractivity contribution in [2.24, 2.45) is 0 Å². The molecule has 2 atom stereocenters. The topological polar surface area (TPSA) is 128 Å². The van der Waals surface area contributed by atoms with Gasteiger partial charge in [0.25, 0.3) is 0 Å². The lowest BCUT2D eigenvalue weighted by Crippen LogP contribution is -2.51. The Labute approximate surface area is 212 Å². The summed E-state index contributed by atoms with van der Waals surface area (Å²) in [4.78, 5) is 25.6. The van der Waals surface area contributed by atoms with Crippen molar-refractivity contribution in [2.75, 3.05) is 55.7 Å². The molecule has 2 N–H and O–H groups in total. The average Bonchev–Trinajstić information content (AvgIpc) is 3.04. The highest BCUT2D eigenvalue weighted by atomic mass is 32.2. The van der Waals surface area contributed by atoms with Crippen LogP contribution < -0.4 is 10.2 Å². The molecule has 12 heteroatoms. The lowest BCUT2D eigenvalue weighted by Gasteiger charge is -2.35. The molecule has 4 heterocycles. The molecule has 0 spiro atoms. The van der Waals surface area contributed by atoms with E-state index in [2.05, 4.69) is 20.2 Å². The van der Waals surface area contributed by atoms with E-state index >= 15 is 0 Å². The first kappa shape index (κ1) is 26.4. The van der Waals surface area contributed by atoms with Gasteiger partial charge in [-0.2, -0.15) is 4.31 Å². The maximum absolute atomic E-state index is 12.6. The minimum atomic E-state index is -3.34. The summed E-state index contributed by atoms with van der Waals surface area (Å²) in [5.74, 6) is 1.41. The molecule has 2 fully saturated rings. The number of fused-ring (bicyclic) bond motifs is 1. The molecule has 36 heavy (non-hydrogen) atoms. The molecule has 0 aliphatic carbocycles. The fourth-order valence-corrected chi connectivity index (χ4v) is 5.44. The monoisotopic (exact) mass is 520 g/mol. The van der Waals surface area contributed by atoms with Crippen molar-refractivity contribution >= 4 is 38.5 Å². The number of aliphatic hydroxyl groups excluding tert-OH is 1. The highest BCUT2D eigenvalue weighted by molar-refractivity contribution is 7.88. The first-order valence-corrected chi connectivity index (χ1v) is 14.1. The van der Waals surface area contributed by atoms with Crippen LogP contribution in [0, 0.1) is 0 Å². The molecular weight excluding hydrogens is 484 g/mol. The van der Waals surface area contributed by atoms with Gasteiger partial charge in [0.05, 0.1) is 18.4 Å². The Morgan fingerprint density at radius 3 is 2.64 bits per heavy atom. The number of aliphatic hydroxyl groups is 1. The summed E-state index contributed by atoms with van der Waals surface area (Å²) in [6.07, 6.45) is 4.80. The molecule has 0 bridgehead atoms. The fraction of sp³-hybridized carbons (Fsp3) is 0.625. The highest BCUT2D eigenvalue weighted by Crippen LogP contribution is 2.28. The molecule has 0 saturated carbocycles. The van der Waals surface area contributed by atoms with Crippen LogP contribution in [0.5, 0.6) is 0 Å². The standard InChI is InChI=1S/C24H36N6O5S/c1-24(2,3)35-23(32)29-10-5-9-28(12-13-29)22-18-14-21(26-15-17(18)6-8-25-22)27-19-7-11-30(16-20(19)31)36(4,33)34/h6,8,14-15,19-20,31H,5,7,9-13,16H2,1-4H3,(H,26,27)/t19-,20-/m1/s1. The molecule has 1 amide bonds. The molecule has 0 radical (unpaired) electrons. The van der Waals surface area contributed by atoms with Gasteiger partial charge in [0.2, 0.25) is 10.0 Å². The number of nitrogens with zero attached hydrogens (tertiary/aromatic N) is 5. The summed E-state index contributed by atoms with van der Waals surface area (Å²) in [5.41, 5.74) is -0.536. The van der Waals surface area contributed by atoms with Gasteiger partial charge in [-0.1, -0.05) is 0 Å². The Hall–Kier alpha value is -2.70. The molecule has 2 aliphatic rings. The Morgan fingerprint density at radius 1 is 1.17 bits per heavy atom. The molecule has 2 aromatic heterocycles. The van der Waals surface area contributed by atoms with Crippen LogP contribution in [0.1, 0.15) is 33.6 Å². The predicted octanol–water partition coefficient (Wildman–Crippen LogP) is 1.88. The SMILES string of the molecule is CC(C)(C)OC(=O)N1CCCN(c2nccc3cnc(N[C@@H]4CCN(S(C)(=O)=O)C[C@H]4O)cc23)CC1. The zero-order chi connectivity index (χ0) is 26.1. The van der Waals surface area contributed by atoms with Crippen molar-refractivity contribution in [2.45, 2.75) is 51.4 Å². The van der Waals surface area contributed by atoms with Crippen LogP contribution in [-0.2, 0) is 14.8 Å². The molecule has 2 aliphatic heterocycles. The zero-order valence-electron chi connectivity index (χ0n) is 21.3. The third kappa shape index (κ3) is 6.34. The lowest BCUT2D eigenvalue weighted by atomic mass is 10.0. The number of β-amino-alcohol motifs (C(OH)–C–C–N with tert-alkyl or cyclic N) is 1.